The van der Waals surface area contributed by atoms with Crippen LogP contribution in [0, 0.1) is 17.2 Å². The predicted octanol–water partition coefficient (Wildman–Crippen LogP) is 4.29. The Hall–Kier alpha value is -0.600. The number of benzene rings is 1. The maximum absolute atomic E-state index is 13.9. The van der Waals surface area contributed by atoms with E-state index in [-0.39, 0.29) is 11.2 Å². The van der Waals surface area contributed by atoms with Gasteiger partial charge in [0.25, 0.3) is 0 Å². The van der Waals surface area contributed by atoms with Crippen LogP contribution in [0.1, 0.15) is 33.3 Å². The van der Waals surface area contributed by atoms with Crippen molar-refractivity contribution in [2.45, 2.75) is 34.1 Å². The quantitative estimate of drug-likeness (QED) is 0.814. The van der Waals surface area contributed by atoms with Gasteiger partial charge < -0.3 is 5.32 Å². The predicted molar refractivity (Wildman–Crippen MR) is 76.6 cm³/mol. The van der Waals surface area contributed by atoms with Gasteiger partial charge in [-0.15, -0.1) is 0 Å². The summed E-state index contributed by atoms with van der Waals surface area (Å²) in [5, 5.41) is 3.83. The molecule has 0 radical (unpaired) electrons. The van der Waals surface area contributed by atoms with Gasteiger partial charge in [0.15, 0.2) is 0 Å². The van der Waals surface area contributed by atoms with Crippen molar-refractivity contribution in [3.63, 3.8) is 0 Å². The zero-order chi connectivity index (χ0) is 13.8. The van der Waals surface area contributed by atoms with E-state index in [1.807, 2.05) is 0 Å². The lowest BCUT2D eigenvalue weighted by atomic mass is 9.74. The average Bonchev–Trinajstić information content (AvgIpc) is 2.30. The standard InChI is InChI=1S/C15H23ClFN/c1-5-18-10-15(4,11(2)3)9-12-6-7-13(16)8-14(12)17/h6-8,11,18H,5,9-10H2,1-4H3. The highest BCUT2D eigenvalue weighted by atomic mass is 35.5. The van der Waals surface area contributed by atoms with Crippen molar-refractivity contribution in [3.8, 4) is 0 Å². The highest BCUT2D eigenvalue weighted by Crippen LogP contribution is 2.32. The summed E-state index contributed by atoms with van der Waals surface area (Å²) in [6.07, 6.45) is 0.723. The maximum atomic E-state index is 13.9. The Labute approximate surface area is 115 Å². The summed E-state index contributed by atoms with van der Waals surface area (Å²) in [7, 11) is 0. The Balaban J connectivity index is 2.89. The second-order valence-corrected chi connectivity index (χ2v) is 5.94. The lowest BCUT2D eigenvalue weighted by Gasteiger charge is -2.34. The summed E-state index contributed by atoms with van der Waals surface area (Å²) >= 11 is 5.78. The summed E-state index contributed by atoms with van der Waals surface area (Å²) in [6.45, 7) is 10.5. The molecule has 18 heavy (non-hydrogen) atoms. The molecular weight excluding hydrogens is 249 g/mol. The summed E-state index contributed by atoms with van der Waals surface area (Å²) in [6, 6.07) is 4.95. The summed E-state index contributed by atoms with van der Waals surface area (Å²) in [4.78, 5) is 0. The van der Waals surface area contributed by atoms with Crippen molar-refractivity contribution >= 4 is 11.6 Å². The van der Waals surface area contributed by atoms with Crippen LogP contribution in [0.3, 0.4) is 0 Å². The molecule has 1 aromatic rings. The van der Waals surface area contributed by atoms with Crippen LogP contribution in [0.5, 0.6) is 0 Å². The molecule has 0 bridgehead atoms. The third-order valence-corrected chi connectivity index (χ3v) is 4.02. The van der Waals surface area contributed by atoms with Crippen molar-refractivity contribution in [1.29, 1.82) is 0 Å². The zero-order valence-corrected chi connectivity index (χ0v) is 12.4. The molecule has 0 aliphatic carbocycles. The molecule has 0 saturated heterocycles. The molecular formula is C15H23ClFN. The van der Waals surface area contributed by atoms with Crippen molar-refractivity contribution in [2.75, 3.05) is 13.1 Å². The molecule has 102 valence electrons. The van der Waals surface area contributed by atoms with E-state index in [0.29, 0.717) is 10.9 Å². The van der Waals surface area contributed by atoms with Crippen molar-refractivity contribution in [1.82, 2.24) is 5.32 Å². The molecule has 0 saturated carbocycles. The average molecular weight is 272 g/mol. The second kappa shape index (κ2) is 6.53. The van der Waals surface area contributed by atoms with Gasteiger partial charge in [0, 0.05) is 11.6 Å². The van der Waals surface area contributed by atoms with E-state index in [0.717, 1.165) is 25.1 Å². The van der Waals surface area contributed by atoms with Crippen LogP contribution in [-0.4, -0.2) is 13.1 Å². The van der Waals surface area contributed by atoms with E-state index in [1.54, 1.807) is 12.1 Å². The van der Waals surface area contributed by atoms with Gasteiger partial charge in [-0.05, 0) is 42.0 Å². The number of nitrogens with one attached hydrogen (secondary N) is 1. The molecule has 0 heterocycles. The highest BCUT2D eigenvalue weighted by Gasteiger charge is 2.29. The molecule has 1 nitrogen and oxygen atoms in total. The Morgan fingerprint density at radius 3 is 2.56 bits per heavy atom. The van der Waals surface area contributed by atoms with E-state index < -0.39 is 0 Å². The highest BCUT2D eigenvalue weighted by molar-refractivity contribution is 6.30. The Bertz CT molecular complexity index is 392. The molecule has 0 fully saturated rings. The zero-order valence-electron chi connectivity index (χ0n) is 11.7. The fourth-order valence-electron chi connectivity index (χ4n) is 1.98. The molecule has 0 aliphatic rings. The third-order valence-electron chi connectivity index (χ3n) is 3.78. The first-order chi connectivity index (χ1) is 8.39. The molecule has 1 aromatic carbocycles. The molecule has 3 heteroatoms. The van der Waals surface area contributed by atoms with Crippen LogP contribution < -0.4 is 5.32 Å². The number of halogens is 2. The SMILES string of the molecule is CCNCC(C)(Cc1ccc(Cl)cc1F)C(C)C. The molecule has 1 rings (SSSR count). The molecule has 1 unspecified atom stereocenters. The summed E-state index contributed by atoms with van der Waals surface area (Å²) in [5.74, 6) is 0.275. The molecule has 1 atom stereocenters. The first-order valence-corrected chi connectivity index (χ1v) is 6.91. The van der Waals surface area contributed by atoms with E-state index in [1.165, 1.54) is 6.07 Å². The van der Waals surface area contributed by atoms with Crippen LogP contribution in [0.25, 0.3) is 0 Å². The number of hydrogen-bond acceptors (Lipinski definition) is 1. The molecule has 1 N–H and O–H groups in total. The lowest BCUT2D eigenvalue weighted by Crippen LogP contribution is -2.38. The van der Waals surface area contributed by atoms with E-state index >= 15 is 0 Å². The van der Waals surface area contributed by atoms with Gasteiger partial charge in [-0.25, -0.2) is 4.39 Å². The summed E-state index contributed by atoms with van der Waals surface area (Å²) < 4.78 is 13.9. The van der Waals surface area contributed by atoms with Crippen molar-refractivity contribution in [3.05, 3.63) is 34.6 Å². The summed E-state index contributed by atoms with van der Waals surface area (Å²) in [5.41, 5.74) is 0.790. The fourth-order valence-corrected chi connectivity index (χ4v) is 2.14. The lowest BCUT2D eigenvalue weighted by molar-refractivity contribution is 0.207. The van der Waals surface area contributed by atoms with E-state index in [4.69, 9.17) is 11.6 Å². The van der Waals surface area contributed by atoms with Gasteiger partial charge in [0.1, 0.15) is 5.82 Å². The maximum Gasteiger partial charge on any atom is 0.127 e. The molecule has 0 amide bonds. The Kier molecular flexibility index (Phi) is 5.61. The van der Waals surface area contributed by atoms with Crippen molar-refractivity contribution in [2.24, 2.45) is 11.3 Å². The molecule has 0 aromatic heterocycles. The van der Waals surface area contributed by atoms with Crippen LogP contribution >= 0.6 is 11.6 Å². The first-order valence-electron chi connectivity index (χ1n) is 6.53. The number of rotatable bonds is 6. The monoisotopic (exact) mass is 271 g/mol. The van der Waals surface area contributed by atoms with Crippen molar-refractivity contribution < 1.29 is 4.39 Å². The molecule has 0 aliphatic heterocycles. The minimum atomic E-state index is -0.203. The normalized spacial score (nSPS) is 14.8. The van der Waals surface area contributed by atoms with Gasteiger partial charge in [-0.3, -0.25) is 0 Å². The van der Waals surface area contributed by atoms with E-state index in [9.17, 15) is 4.39 Å². The number of hydrogen-bond donors (Lipinski definition) is 1. The Morgan fingerprint density at radius 1 is 1.39 bits per heavy atom. The van der Waals surface area contributed by atoms with Crippen LogP contribution in [0.2, 0.25) is 5.02 Å². The third kappa shape index (κ3) is 3.96. The largest absolute Gasteiger partial charge is 0.316 e. The second-order valence-electron chi connectivity index (χ2n) is 5.50. The van der Waals surface area contributed by atoms with Crippen LogP contribution in [0.15, 0.2) is 18.2 Å². The van der Waals surface area contributed by atoms with Gasteiger partial charge in [0.2, 0.25) is 0 Å². The smallest absolute Gasteiger partial charge is 0.127 e. The van der Waals surface area contributed by atoms with Crippen LogP contribution in [0.4, 0.5) is 4.39 Å². The van der Waals surface area contributed by atoms with E-state index in [2.05, 4.69) is 33.0 Å². The minimum Gasteiger partial charge on any atom is -0.316 e. The van der Waals surface area contributed by atoms with Gasteiger partial charge in [-0.1, -0.05) is 45.4 Å². The van der Waals surface area contributed by atoms with Crippen LogP contribution in [-0.2, 0) is 6.42 Å². The Morgan fingerprint density at radius 2 is 2.06 bits per heavy atom. The first kappa shape index (κ1) is 15.5. The van der Waals surface area contributed by atoms with Gasteiger partial charge in [-0.2, -0.15) is 0 Å². The molecule has 0 spiro atoms. The van der Waals surface area contributed by atoms with Gasteiger partial charge >= 0.3 is 0 Å². The fraction of sp³-hybridized carbons (Fsp3) is 0.600. The minimum absolute atomic E-state index is 0.0463. The topological polar surface area (TPSA) is 12.0 Å². The van der Waals surface area contributed by atoms with Gasteiger partial charge in [0.05, 0.1) is 0 Å².